The number of esters is 1. The second-order valence-corrected chi connectivity index (χ2v) is 5.96. The Morgan fingerprint density at radius 1 is 1.29 bits per heavy atom. The number of aromatic carboxylic acids is 1. The highest BCUT2D eigenvalue weighted by Crippen LogP contribution is 2.08. The molecule has 3 N–H and O–H groups in total. The summed E-state index contributed by atoms with van der Waals surface area (Å²) in [5, 5.41) is 18.0. The molecule has 9 heteroatoms. The molecule has 1 rings (SSSR count). The first-order valence-electron chi connectivity index (χ1n) is 5.80. The van der Waals surface area contributed by atoms with Crippen LogP contribution in [0.4, 0.5) is 0 Å². The molecule has 0 amide bonds. The first-order chi connectivity index (χ1) is 9.75. The number of sulfonamides is 1. The Kier molecular flexibility index (Phi) is 5.82. The van der Waals surface area contributed by atoms with Crippen molar-refractivity contribution in [2.24, 2.45) is 0 Å². The second-order valence-electron chi connectivity index (χ2n) is 4.15. The third-order valence-electron chi connectivity index (χ3n) is 2.53. The van der Waals surface area contributed by atoms with Gasteiger partial charge in [-0.15, -0.1) is 0 Å². The normalized spacial score (nSPS) is 12.7. The highest BCUT2D eigenvalue weighted by Gasteiger charge is 2.19. The quantitative estimate of drug-likeness (QED) is 0.569. The fraction of sp³-hybridized carbons (Fsp3) is 0.333. The van der Waals surface area contributed by atoms with Crippen LogP contribution < -0.4 is 4.72 Å². The second kappa shape index (κ2) is 7.16. The van der Waals surface area contributed by atoms with Crippen molar-refractivity contribution in [1.82, 2.24) is 4.72 Å². The molecule has 0 bridgehead atoms. The van der Waals surface area contributed by atoms with Gasteiger partial charge < -0.3 is 14.9 Å². The van der Waals surface area contributed by atoms with E-state index in [1.165, 1.54) is 24.3 Å². The number of carboxylic acids is 1. The van der Waals surface area contributed by atoms with Crippen LogP contribution in [0.1, 0.15) is 15.9 Å². The molecule has 0 fully saturated rings. The van der Waals surface area contributed by atoms with Gasteiger partial charge in [-0.1, -0.05) is 12.1 Å². The third-order valence-corrected chi connectivity index (χ3v) is 3.85. The highest BCUT2D eigenvalue weighted by molar-refractivity contribution is 7.88. The van der Waals surface area contributed by atoms with E-state index in [2.05, 4.69) is 9.46 Å². The standard InChI is InChI=1S/C12H15NO7S/c1-20-12(17)10(14)6-13-21(18,19)7-8-2-4-9(5-3-8)11(15)16/h2-5,10,13-14H,6-7H2,1H3,(H,15,16). The SMILES string of the molecule is COC(=O)C(O)CNS(=O)(=O)Cc1ccc(C(=O)O)cc1. The highest BCUT2D eigenvalue weighted by atomic mass is 32.2. The summed E-state index contributed by atoms with van der Waals surface area (Å²) in [4.78, 5) is 21.6. The van der Waals surface area contributed by atoms with E-state index in [0.717, 1.165) is 7.11 Å². The summed E-state index contributed by atoms with van der Waals surface area (Å²) in [6, 6.07) is 5.33. The van der Waals surface area contributed by atoms with Gasteiger partial charge in [-0.25, -0.2) is 22.7 Å². The zero-order valence-electron chi connectivity index (χ0n) is 11.1. The van der Waals surface area contributed by atoms with Crippen LogP contribution in [-0.4, -0.2) is 50.3 Å². The number of ether oxygens (including phenoxy) is 1. The van der Waals surface area contributed by atoms with Gasteiger partial charge in [0.1, 0.15) is 0 Å². The first kappa shape index (κ1) is 17.1. The Morgan fingerprint density at radius 2 is 1.86 bits per heavy atom. The molecule has 0 heterocycles. The van der Waals surface area contributed by atoms with E-state index in [1.807, 2.05) is 0 Å². The topological polar surface area (TPSA) is 130 Å². The van der Waals surface area contributed by atoms with Crippen molar-refractivity contribution in [2.75, 3.05) is 13.7 Å². The molecule has 1 atom stereocenters. The lowest BCUT2D eigenvalue weighted by Crippen LogP contribution is -2.37. The number of benzene rings is 1. The number of carbonyl (C=O) groups excluding carboxylic acids is 1. The molecule has 0 aliphatic rings. The van der Waals surface area contributed by atoms with Crippen LogP contribution in [-0.2, 0) is 25.3 Å². The molecular weight excluding hydrogens is 302 g/mol. The lowest BCUT2D eigenvalue weighted by molar-refractivity contribution is -0.149. The minimum atomic E-state index is -3.77. The van der Waals surface area contributed by atoms with Crippen LogP contribution in [0.5, 0.6) is 0 Å². The van der Waals surface area contributed by atoms with Gasteiger partial charge in [-0.05, 0) is 17.7 Å². The van der Waals surface area contributed by atoms with Crippen LogP contribution in [0.2, 0.25) is 0 Å². The van der Waals surface area contributed by atoms with E-state index in [-0.39, 0.29) is 5.56 Å². The molecule has 1 unspecified atom stereocenters. The Hall–Kier alpha value is -1.97. The van der Waals surface area contributed by atoms with Crippen LogP contribution in [0.15, 0.2) is 24.3 Å². The zero-order chi connectivity index (χ0) is 16.0. The molecule has 8 nitrogen and oxygen atoms in total. The fourth-order valence-electron chi connectivity index (χ4n) is 1.44. The summed E-state index contributed by atoms with van der Waals surface area (Å²) in [5.74, 6) is -2.45. The van der Waals surface area contributed by atoms with Crippen molar-refractivity contribution >= 4 is 22.0 Å². The monoisotopic (exact) mass is 317 g/mol. The van der Waals surface area contributed by atoms with Gasteiger partial charge >= 0.3 is 11.9 Å². The molecule has 0 aromatic heterocycles. The molecule has 0 saturated carbocycles. The predicted molar refractivity (Wildman–Crippen MR) is 72.1 cm³/mol. The summed E-state index contributed by atoms with van der Waals surface area (Å²) in [6.07, 6.45) is -1.58. The van der Waals surface area contributed by atoms with Crippen molar-refractivity contribution < 1.29 is 33.0 Å². The maximum atomic E-state index is 11.7. The number of methoxy groups -OCH3 is 1. The molecule has 0 radical (unpaired) electrons. The van der Waals surface area contributed by atoms with Gasteiger partial charge in [0.25, 0.3) is 0 Å². The molecule has 0 saturated heterocycles. The van der Waals surface area contributed by atoms with Crippen molar-refractivity contribution in [3.8, 4) is 0 Å². The van der Waals surface area contributed by atoms with E-state index in [4.69, 9.17) is 5.11 Å². The minimum Gasteiger partial charge on any atom is -0.478 e. The van der Waals surface area contributed by atoms with Crippen molar-refractivity contribution in [3.63, 3.8) is 0 Å². The number of aliphatic hydroxyl groups is 1. The average molecular weight is 317 g/mol. The smallest absolute Gasteiger partial charge is 0.336 e. The Bertz CT molecular complexity index is 609. The summed E-state index contributed by atoms with van der Waals surface area (Å²) < 4.78 is 29.8. The minimum absolute atomic E-state index is 0.0465. The van der Waals surface area contributed by atoms with E-state index in [0.29, 0.717) is 5.56 Å². The molecule has 116 valence electrons. The number of nitrogens with one attached hydrogen (secondary N) is 1. The number of hydrogen-bond acceptors (Lipinski definition) is 6. The predicted octanol–water partition coefficient (Wildman–Crippen LogP) is -0.662. The fourth-order valence-corrected chi connectivity index (χ4v) is 2.58. The van der Waals surface area contributed by atoms with Gasteiger partial charge in [0.2, 0.25) is 10.0 Å². The van der Waals surface area contributed by atoms with Crippen molar-refractivity contribution in [2.45, 2.75) is 11.9 Å². The molecular formula is C12H15NO7S. The van der Waals surface area contributed by atoms with Crippen LogP contribution in [0, 0.1) is 0 Å². The summed E-state index contributed by atoms with van der Waals surface area (Å²) >= 11 is 0. The van der Waals surface area contributed by atoms with Gasteiger partial charge in [0.15, 0.2) is 6.10 Å². The Balaban J connectivity index is 2.64. The van der Waals surface area contributed by atoms with E-state index >= 15 is 0 Å². The summed E-state index contributed by atoms with van der Waals surface area (Å²) in [7, 11) is -2.70. The molecule has 0 aliphatic carbocycles. The number of hydrogen-bond donors (Lipinski definition) is 3. The average Bonchev–Trinajstić information content (AvgIpc) is 2.44. The summed E-state index contributed by atoms with van der Waals surface area (Å²) in [5.41, 5.74) is 0.422. The molecule has 0 aliphatic heterocycles. The van der Waals surface area contributed by atoms with Gasteiger partial charge in [0.05, 0.1) is 18.4 Å². The van der Waals surface area contributed by atoms with E-state index < -0.39 is 40.4 Å². The van der Waals surface area contributed by atoms with Crippen molar-refractivity contribution in [3.05, 3.63) is 35.4 Å². The number of aliphatic hydroxyl groups excluding tert-OH is 1. The summed E-state index contributed by atoms with van der Waals surface area (Å²) in [6.45, 7) is -0.498. The molecule has 0 spiro atoms. The largest absolute Gasteiger partial charge is 0.478 e. The van der Waals surface area contributed by atoms with Crippen molar-refractivity contribution in [1.29, 1.82) is 0 Å². The Labute approximate surface area is 121 Å². The van der Waals surface area contributed by atoms with Crippen LogP contribution in [0.25, 0.3) is 0 Å². The van der Waals surface area contributed by atoms with Gasteiger partial charge in [-0.3, -0.25) is 0 Å². The number of carbonyl (C=O) groups is 2. The number of rotatable bonds is 7. The third kappa shape index (κ3) is 5.50. The first-order valence-corrected chi connectivity index (χ1v) is 7.46. The zero-order valence-corrected chi connectivity index (χ0v) is 12.0. The maximum absolute atomic E-state index is 11.7. The molecule has 1 aromatic carbocycles. The molecule has 21 heavy (non-hydrogen) atoms. The van der Waals surface area contributed by atoms with Gasteiger partial charge in [0, 0.05) is 6.54 Å². The number of carboxylic acid groups (broad SMARTS) is 1. The lowest BCUT2D eigenvalue weighted by Gasteiger charge is -2.10. The maximum Gasteiger partial charge on any atom is 0.336 e. The van der Waals surface area contributed by atoms with Gasteiger partial charge in [-0.2, -0.15) is 0 Å². The van der Waals surface area contributed by atoms with E-state index in [1.54, 1.807) is 0 Å². The van der Waals surface area contributed by atoms with Crippen LogP contribution >= 0.6 is 0 Å². The lowest BCUT2D eigenvalue weighted by atomic mass is 10.1. The van der Waals surface area contributed by atoms with Crippen LogP contribution in [0.3, 0.4) is 0 Å². The van der Waals surface area contributed by atoms with E-state index in [9.17, 15) is 23.1 Å². The molecule has 1 aromatic rings. The Morgan fingerprint density at radius 3 is 2.33 bits per heavy atom.